The van der Waals surface area contributed by atoms with Gasteiger partial charge in [0.1, 0.15) is 0 Å². The molecule has 1 aromatic rings. The third-order valence-corrected chi connectivity index (χ3v) is 2.27. The molecule has 0 spiro atoms. The summed E-state index contributed by atoms with van der Waals surface area (Å²) >= 11 is 0. The predicted molar refractivity (Wildman–Crippen MR) is 62.5 cm³/mol. The molecule has 17 heavy (non-hydrogen) atoms. The number of aromatic nitrogens is 2. The van der Waals surface area contributed by atoms with Crippen LogP contribution in [0.15, 0.2) is 4.52 Å². The van der Waals surface area contributed by atoms with Gasteiger partial charge in [0.15, 0.2) is 5.82 Å². The summed E-state index contributed by atoms with van der Waals surface area (Å²) < 4.78 is 9.98. The van der Waals surface area contributed by atoms with Crippen LogP contribution in [0.3, 0.4) is 0 Å². The summed E-state index contributed by atoms with van der Waals surface area (Å²) in [5, 5.41) is 13.4. The first-order chi connectivity index (χ1) is 8.15. The molecule has 0 bridgehead atoms. The Bertz CT molecular complexity index is 317. The molecular formula is C11H21N3O3. The van der Waals surface area contributed by atoms with Crippen LogP contribution >= 0.6 is 0 Å². The SMILES string of the molecule is CCCc1noc(CN(C)CC(O)COC)n1. The monoisotopic (exact) mass is 243 g/mol. The zero-order chi connectivity index (χ0) is 12.7. The number of nitrogens with zero attached hydrogens (tertiary/aromatic N) is 3. The summed E-state index contributed by atoms with van der Waals surface area (Å²) in [6.45, 7) is 3.45. The standard InChI is InChI=1S/C11H21N3O3/c1-4-5-10-12-11(17-13-10)7-14(2)6-9(15)8-16-3/h9,15H,4-8H2,1-3H3. The van der Waals surface area contributed by atoms with Crippen molar-refractivity contribution in [1.82, 2.24) is 15.0 Å². The molecule has 0 saturated heterocycles. The lowest BCUT2D eigenvalue weighted by Crippen LogP contribution is -2.31. The molecule has 0 aliphatic rings. The fourth-order valence-corrected chi connectivity index (χ4v) is 1.58. The van der Waals surface area contributed by atoms with Gasteiger partial charge in [-0.3, -0.25) is 4.90 Å². The van der Waals surface area contributed by atoms with Gasteiger partial charge in [-0.15, -0.1) is 0 Å². The number of hydrogen-bond donors (Lipinski definition) is 1. The molecule has 1 N–H and O–H groups in total. The number of hydrogen-bond acceptors (Lipinski definition) is 6. The molecule has 6 heteroatoms. The minimum Gasteiger partial charge on any atom is -0.389 e. The van der Waals surface area contributed by atoms with Gasteiger partial charge in [-0.2, -0.15) is 4.98 Å². The maximum Gasteiger partial charge on any atom is 0.240 e. The van der Waals surface area contributed by atoms with Gasteiger partial charge in [0.2, 0.25) is 5.89 Å². The summed E-state index contributed by atoms with van der Waals surface area (Å²) in [4.78, 5) is 6.18. The third-order valence-electron chi connectivity index (χ3n) is 2.27. The van der Waals surface area contributed by atoms with Crippen LogP contribution in [0, 0.1) is 0 Å². The Morgan fingerprint density at radius 2 is 2.29 bits per heavy atom. The fraction of sp³-hybridized carbons (Fsp3) is 0.818. The van der Waals surface area contributed by atoms with Crippen molar-refractivity contribution in [2.45, 2.75) is 32.4 Å². The molecule has 0 saturated carbocycles. The number of aliphatic hydroxyl groups is 1. The molecule has 6 nitrogen and oxygen atoms in total. The maximum atomic E-state index is 9.55. The maximum absolute atomic E-state index is 9.55. The summed E-state index contributed by atoms with van der Waals surface area (Å²) in [7, 11) is 3.46. The predicted octanol–water partition coefficient (Wildman–Crippen LogP) is 0.461. The molecular weight excluding hydrogens is 222 g/mol. The zero-order valence-corrected chi connectivity index (χ0v) is 10.7. The minimum absolute atomic E-state index is 0.329. The van der Waals surface area contributed by atoms with E-state index in [1.807, 2.05) is 11.9 Å². The molecule has 1 rings (SSSR count). The van der Waals surface area contributed by atoms with Crippen LogP contribution in [-0.2, 0) is 17.7 Å². The van der Waals surface area contributed by atoms with E-state index in [2.05, 4.69) is 17.1 Å². The average Bonchev–Trinajstić information content (AvgIpc) is 2.66. The Morgan fingerprint density at radius 3 is 2.94 bits per heavy atom. The van der Waals surface area contributed by atoms with Crippen LogP contribution < -0.4 is 0 Å². The number of ether oxygens (including phenoxy) is 1. The Morgan fingerprint density at radius 1 is 1.53 bits per heavy atom. The molecule has 1 heterocycles. The number of rotatable bonds is 8. The topological polar surface area (TPSA) is 71.6 Å². The molecule has 1 unspecified atom stereocenters. The van der Waals surface area contributed by atoms with Gasteiger partial charge >= 0.3 is 0 Å². The van der Waals surface area contributed by atoms with E-state index in [0.717, 1.165) is 18.7 Å². The van der Waals surface area contributed by atoms with Crippen LogP contribution in [0.1, 0.15) is 25.1 Å². The van der Waals surface area contributed by atoms with E-state index in [9.17, 15) is 5.11 Å². The van der Waals surface area contributed by atoms with Crippen LogP contribution in [0.25, 0.3) is 0 Å². The number of methoxy groups -OCH3 is 1. The quantitative estimate of drug-likeness (QED) is 0.715. The molecule has 0 fully saturated rings. The van der Waals surface area contributed by atoms with E-state index in [1.165, 1.54) is 0 Å². The van der Waals surface area contributed by atoms with Crippen molar-refractivity contribution in [2.24, 2.45) is 0 Å². The van der Waals surface area contributed by atoms with Gasteiger partial charge < -0.3 is 14.4 Å². The molecule has 0 aliphatic carbocycles. The van der Waals surface area contributed by atoms with E-state index >= 15 is 0 Å². The van der Waals surface area contributed by atoms with Crippen molar-refractivity contribution in [2.75, 3.05) is 27.3 Å². The van der Waals surface area contributed by atoms with E-state index in [4.69, 9.17) is 9.26 Å². The van der Waals surface area contributed by atoms with Crippen LogP contribution in [0.4, 0.5) is 0 Å². The first kappa shape index (κ1) is 14.1. The van der Waals surface area contributed by atoms with Crippen LogP contribution in [-0.4, -0.2) is 53.6 Å². The van der Waals surface area contributed by atoms with Gasteiger partial charge in [-0.05, 0) is 13.5 Å². The summed E-state index contributed by atoms with van der Waals surface area (Å²) in [5.74, 6) is 1.33. The first-order valence-electron chi connectivity index (χ1n) is 5.82. The highest BCUT2D eigenvalue weighted by atomic mass is 16.5. The lowest BCUT2D eigenvalue weighted by atomic mass is 10.3. The Hall–Kier alpha value is -0.980. The highest BCUT2D eigenvalue weighted by molar-refractivity contribution is 4.86. The fourth-order valence-electron chi connectivity index (χ4n) is 1.58. The van der Waals surface area contributed by atoms with Crippen molar-refractivity contribution in [3.05, 3.63) is 11.7 Å². The molecule has 0 aliphatic heterocycles. The molecule has 1 atom stereocenters. The van der Waals surface area contributed by atoms with Crippen LogP contribution in [0.5, 0.6) is 0 Å². The average molecular weight is 243 g/mol. The normalized spacial score (nSPS) is 13.2. The number of likely N-dealkylation sites (N-methyl/N-ethyl adjacent to an activating group) is 1. The van der Waals surface area contributed by atoms with Crippen molar-refractivity contribution >= 4 is 0 Å². The Balaban J connectivity index is 2.36. The second-order valence-corrected chi connectivity index (χ2v) is 4.16. The van der Waals surface area contributed by atoms with E-state index < -0.39 is 6.10 Å². The summed E-state index contributed by atoms with van der Waals surface area (Å²) in [5.41, 5.74) is 0. The summed E-state index contributed by atoms with van der Waals surface area (Å²) in [6.07, 6.45) is 1.34. The van der Waals surface area contributed by atoms with Crippen molar-refractivity contribution in [1.29, 1.82) is 0 Å². The second-order valence-electron chi connectivity index (χ2n) is 4.16. The molecule has 0 aromatic carbocycles. The zero-order valence-electron chi connectivity index (χ0n) is 10.7. The third kappa shape index (κ3) is 5.25. The Kier molecular flexibility index (Phi) is 6.10. The highest BCUT2D eigenvalue weighted by Gasteiger charge is 2.12. The van der Waals surface area contributed by atoms with Crippen LogP contribution in [0.2, 0.25) is 0 Å². The van der Waals surface area contributed by atoms with E-state index in [0.29, 0.717) is 25.6 Å². The second kappa shape index (κ2) is 7.37. The highest BCUT2D eigenvalue weighted by Crippen LogP contribution is 2.03. The van der Waals surface area contributed by atoms with Gasteiger partial charge in [0, 0.05) is 20.1 Å². The first-order valence-corrected chi connectivity index (χ1v) is 5.82. The van der Waals surface area contributed by atoms with E-state index in [1.54, 1.807) is 7.11 Å². The van der Waals surface area contributed by atoms with Crippen molar-refractivity contribution < 1.29 is 14.4 Å². The molecule has 0 amide bonds. The largest absolute Gasteiger partial charge is 0.389 e. The minimum atomic E-state index is -0.497. The Labute approximate surface area is 102 Å². The van der Waals surface area contributed by atoms with Gasteiger partial charge in [0.05, 0.1) is 19.3 Å². The molecule has 1 aromatic heterocycles. The lowest BCUT2D eigenvalue weighted by Gasteiger charge is -2.17. The molecule has 98 valence electrons. The van der Waals surface area contributed by atoms with Crippen molar-refractivity contribution in [3.63, 3.8) is 0 Å². The van der Waals surface area contributed by atoms with Crippen molar-refractivity contribution in [3.8, 4) is 0 Å². The van der Waals surface area contributed by atoms with E-state index in [-0.39, 0.29) is 0 Å². The lowest BCUT2D eigenvalue weighted by molar-refractivity contribution is 0.0400. The summed E-state index contributed by atoms with van der Waals surface area (Å²) in [6, 6.07) is 0. The number of aryl methyl sites for hydroxylation is 1. The smallest absolute Gasteiger partial charge is 0.240 e. The van der Waals surface area contributed by atoms with Gasteiger partial charge in [-0.25, -0.2) is 0 Å². The number of aliphatic hydroxyl groups excluding tert-OH is 1. The van der Waals surface area contributed by atoms with Gasteiger partial charge in [0.25, 0.3) is 0 Å². The molecule has 0 radical (unpaired) electrons. The van der Waals surface area contributed by atoms with Gasteiger partial charge in [-0.1, -0.05) is 12.1 Å².